The van der Waals surface area contributed by atoms with Crippen molar-refractivity contribution in [2.24, 2.45) is 0 Å². The van der Waals surface area contributed by atoms with Gasteiger partial charge in [-0.15, -0.1) is 12.4 Å². The molecule has 0 bridgehead atoms. The number of piperidine rings is 1. The van der Waals surface area contributed by atoms with Crippen LogP contribution in [0.4, 0.5) is 0 Å². The maximum absolute atomic E-state index is 13.0. The molecule has 2 N–H and O–H groups in total. The highest BCUT2D eigenvalue weighted by Crippen LogP contribution is 2.27. The molecule has 1 aliphatic rings. The number of hydrogen-bond acceptors (Lipinski definition) is 4. The normalized spacial score (nSPS) is 15.7. The van der Waals surface area contributed by atoms with Gasteiger partial charge in [0.05, 0.1) is 6.61 Å². The van der Waals surface area contributed by atoms with E-state index in [9.17, 15) is 4.79 Å². The molecule has 26 heavy (non-hydrogen) atoms. The van der Waals surface area contributed by atoms with Crippen LogP contribution in [0.2, 0.25) is 0 Å². The first-order chi connectivity index (χ1) is 12.2. The van der Waals surface area contributed by atoms with E-state index < -0.39 is 5.54 Å². The number of carbonyl (C=O) groups is 1. The fourth-order valence-electron chi connectivity index (χ4n) is 3.19. The van der Waals surface area contributed by atoms with E-state index in [2.05, 4.69) is 22.7 Å². The summed E-state index contributed by atoms with van der Waals surface area (Å²) in [6, 6.07) is 9.75. The molecule has 0 radical (unpaired) electrons. The number of amides is 1. The Labute approximate surface area is 160 Å². The van der Waals surface area contributed by atoms with Crippen molar-refractivity contribution in [3.8, 4) is 5.75 Å². The van der Waals surface area contributed by atoms with Gasteiger partial charge in [-0.05, 0) is 56.1 Å². The Hall–Kier alpha value is -2.05. The molecule has 142 valence electrons. The predicted molar refractivity (Wildman–Crippen MR) is 104 cm³/mol. The first-order valence-corrected chi connectivity index (χ1v) is 8.95. The zero-order valence-electron chi connectivity index (χ0n) is 15.1. The lowest BCUT2D eigenvalue weighted by molar-refractivity contribution is -0.132. The van der Waals surface area contributed by atoms with E-state index in [1.807, 2.05) is 41.2 Å². The molecule has 1 fully saturated rings. The summed E-state index contributed by atoms with van der Waals surface area (Å²) in [6.07, 6.45) is 6.08. The summed E-state index contributed by atoms with van der Waals surface area (Å²) in [6.45, 7) is 4.94. The Morgan fingerprint density at radius 1 is 1.31 bits per heavy atom. The predicted octanol–water partition coefficient (Wildman–Crippen LogP) is 2.49. The number of carbonyl (C=O) groups excluding carboxylic acids is 1. The first kappa shape index (κ1) is 20.3. The number of ether oxygens (including phenoxy) is 1. The van der Waals surface area contributed by atoms with Crippen LogP contribution in [0, 0.1) is 0 Å². The summed E-state index contributed by atoms with van der Waals surface area (Å²) in [5.41, 5.74) is 0.459. The SMILES string of the molecule is CCCOc1ccc(CNC(=O)C2(n3cccn3)CCNCC2)cc1.Cl. The third-order valence-electron chi connectivity index (χ3n) is 4.65. The minimum Gasteiger partial charge on any atom is -0.494 e. The maximum Gasteiger partial charge on any atom is 0.248 e. The molecule has 1 amide bonds. The Kier molecular flexibility index (Phi) is 7.48. The van der Waals surface area contributed by atoms with E-state index in [-0.39, 0.29) is 18.3 Å². The number of aromatic nitrogens is 2. The van der Waals surface area contributed by atoms with Crippen LogP contribution in [0.15, 0.2) is 42.7 Å². The molecule has 2 heterocycles. The molecule has 1 aromatic heterocycles. The minimum absolute atomic E-state index is 0. The topological polar surface area (TPSA) is 68.2 Å². The van der Waals surface area contributed by atoms with Crippen LogP contribution in [-0.4, -0.2) is 35.4 Å². The molecule has 7 heteroatoms. The summed E-state index contributed by atoms with van der Waals surface area (Å²) in [7, 11) is 0. The van der Waals surface area contributed by atoms with Crippen molar-refractivity contribution >= 4 is 18.3 Å². The van der Waals surface area contributed by atoms with Gasteiger partial charge in [0.1, 0.15) is 11.3 Å². The fourth-order valence-corrected chi connectivity index (χ4v) is 3.19. The maximum atomic E-state index is 13.0. The van der Waals surface area contributed by atoms with Crippen LogP contribution in [0.25, 0.3) is 0 Å². The number of benzene rings is 1. The van der Waals surface area contributed by atoms with Crippen molar-refractivity contribution in [2.45, 2.75) is 38.3 Å². The number of nitrogens with one attached hydrogen (secondary N) is 2. The summed E-state index contributed by atoms with van der Waals surface area (Å²) in [4.78, 5) is 13.0. The van der Waals surface area contributed by atoms with E-state index in [0.717, 1.165) is 50.3 Å². The monoisotopic (exact) mass is 378 g/mol. The van der Waals surface area contributed by atoms with Gasteiger partial charge in [-0.25, -0.2) is 0 Å². The van der Waals surface area contributed by atoms with Crippen molar-refractivity contribution in [1.29, 1.82) is 0 Å². The summed E-state index contributed by atoms with van der Waals surface area (Å²) in [5.74, 6) is 0.896. The van der Waals surface area contributed by atoms with Crippen molar-refractivity contribution in [2.75, 3.05) is 19.7 Å². The second kappa shape index (κ2) is 9.59. The highest BCUT2D eigenvalue weighted by molar-refractivity contribution is 5.85. The van der Waals surface area contributed by atoms with Gasteiger partial charge in [0.25, 0.3) is 0 Å². The van der Waals surface area contributed by atoms with Crippen LogP contribution in [0.1, 0.15) is 31.7 Å². The molecule has 0 aliphatic carbocycles. The summed E-state index contributed by atoms with van der Waals surface area (Å²) >= 11 is 0. The van der Waals surface area contributed by atoms with E-state index >= 15 is 0 Å². The van der Waals surface area contributed by atoms with Gasteiger partial charge in [0.15, 0.2) is 0 Å². The molecule has 0 spiro atoms. The molecule has 0 saturated carbocycles. The average Bonchev–Trinajstić information content (AvgIpc) is 3.21. The van der Waals surface area contributed by atoms with Gasteiger partial charge in [-0.1, -0.05) is 19.1 Å². The molecule has 0 unspecified atom stereocenters. The highest BCUT2D eigenvalue weighted by atomic mass is 35.5. The van der Waals surface area contributed by atoms with Crippen molar-refractivity contribution in [3.05, 3.63) is 48.3 Å². The summed E-state index contributed by atoms with van der Waals surface area (Å²) < 4.78 is 7.40. The number of hydrogen-bond donors (Lipinski definition) is 2. The van der Waals surface area contributed by atoms with E-state index in [4.69, 9.17) is 4.74 Å². The fraction of sp³-hybridized carbons (Fsp3) is 0.474. The minimum atomic E-state index is -0.598. The molecule has 1 aromatic carbocycles. The van der Waals surface area contributed by atoms with Gasteiger partial charge in [0.2, 0.25) is 5.91 Å². The van der Waals surface area contributed by atoms with Gasteiger partial charge >= 0.3 is 0 Å². The zero-order chi connectivity index (χ0) is 17.5. The molecular weight excluding hydrogens is 352 g/mol. The van der Waals surface area contributed by atoms with Crippen LogP contribution in [0.5, 0.6) is 5.75 Å². The Balaban J connectivity index is 0.00000243. The van der Waals surface area contributed by atoms with E-state index in [1.165, 1.54) is 0 Å². The Morgan fingerprint density at radius 2 is 2.04 bits per heavy atom. The third-order valence-corrected chi connectivity index (χ3v) is 4.65. The second-order valence-electron chi connectivity index (χ2n) is 6.41. The largest absolute Gasteiger partial charge is 0.494 e. The molecule has 6 nitrogen and oxygen atoms in total. The molecule has 3 rings (SSSR count). The van der Waals surface area contributed by atoms with Crippen LogP contribution >= 0.6 is 12.4 Å². The number of halogens is 1. The van der Waals surface area contributed by atoms with Crippen LogP contribution in [0.3, 0.4) is 0 Å². The van der Waals surface area contributed by atoms with Gasteiger partial charge in [0, 0.05) is 18.9 Å². The molecule has 0 atom stereocenters. The lowest BCUT2D eigenvalue weighted by Gasteiger charge is -2.36. The first-order valence-electron chi connectivity index (χ1n) is 8.95. The van der Waals surface area contributed by atoms with Gasteiger partial charge < -0.3 is 15.4 Å². The quantitative estimate of drug-likeness (QED) is 0.776. The van der Waals surface area contributed by atoms with Crippen molar-refractivity contribution in [3.63, 3.8) is 0 Å². The Bertz CT molecular complexity index is 667. The third kappa shape index (κ3) is 4.56. The smallest absolute Gasteiger partial charge is 0.248 e. The average molecular weight is 379 g/mol. The molecule has 1 saturated heterocycles. The zero-order valence-corrected chi connectivity index (χ0v) is 15.9. The molecule has 2 aromatic rings. The molecular formula is C19H27ClN4O2. The van der Waals surface area contributed by atoms with Crippen LogP contribution in [-0.2, 0) is 16.9 Å². The van der Waals surface area contributed by atoms with Crippen molar-refractivity contribution in [1.82, 2.24) is 20.4 Å². The summed E-state index contributed by atoms with van der Waals surface area (Å²) in [5, 5.41) is 10.7. The highest BCUT2D eigenvalue weighted by Gasteiger charge is 2.41. The molecule has 1 aliphatic heterocycles. The standard InChI is InChI=1S/C19H26N4O2.ClH/c1-2-14-25-17-6-4-16(5-7-17)15-21-18(24)19(8-11-20-12-9-19)23-13-3-10-22-23;/h3-7,10,13,20H,2,8-9,11-12,14-15H2,1H3,(H,21,24);1H. The number of rotatable bonds is 7. The lowest BCUT2D eigenvalue weighted by atomic mass is 9.87. The van der Waals surface area contributed by atoms with Crippen LogP contribution < -0.4 is 15.4 Å². The van der Waals surface area contributed by atoms with Gasteiger partial charge in [-0.3, -0.25) is 9.48 Å². The van der Waals surface area contributed by atoms with Gasteiger partial charge in [-0.2, -0.15) is 5.10 Å². The van der Waals surface area contributed by atoms with E-state index in [1.54, 1.807) is 6.20 Å². The number of nitrogens with zero attached hydrogens (tertiary/aromatic N) is 2. The Morgan fingerprint density at radius 3 is 2.65 bits per heavy atom. The van der Waals surface area contributed by atoms with E-state index in [0.29, 0.717) is 6.54 Å². The second-order valence-corrected chi connectivity index (χ2v) is 6.41. The van der Waals surface area contributed by atoms with Crippen molar-refractivity contribution < 1.29 is 9.53 Å². The lowest BCUT2D eigenvalue weighted by Crippen LogP contribution is -2.54.